The molecule has 2 nitrogen and oxygen atoms in total. The molecule has 1 radical (unpaired) electrons. The van der Waals surface area contributed by atoms with Crippen molar-refractivity contribution in [1.82, 2.24) is 4.98 Å². The van der Waals surface area contributed by atoms with Crippen LogP contribution in [0.2, 0.25) is 0 Å². The van der Waals surface area contributed by atoms with Gasteiger partial charge in [0.25, 0.3) is 0 Å². The second-order valence-electron chi connectivity index (χ2n) is 4.24. The monoisotopic (exact) mass is 303 g/mol. The van der Waals surface area contributed by atoms with Crippen molar-refractivity contribution in [3.05, 3.63) is 29.6 Å². The summed E-state index contributed by atoms with van der Waals surface area (Å²) in [6, 6.07) is 5.02. The molecule has 3 heteroatoms. The van der Waals surface area contributed by atoms with Crippen molar-refractivity contribution in [1.29, 1.82) is 0 Å². The summed E-state index contributed by atoms with van der Waals surface area (Å²) in [4.78, 5) is 4.28. The van der Waals surface area contributed by atoms with Gasteiger partial charge in [0.05, 0.1) is 0 Å². The number of hydrogen-bond acceptors (Lipinski definition) is 2. The number of ether oxygens (including phenoxy) is 1. The molecule has 0 aliphatic carbocycles. The summed E-state index contributed by atoms with van der Waals surface area (Å²) in [5, 5.41) is 0. The maximum atomic E-state index is 5.60. The molecule has 1 aromatic heterocycles. The quantitative estimate of drug-likeness (QED) is 0.587. The van der Waals surface area contributed by atoms with E-state index in [0.717, 1.165) is 37.1 Å². The smallest absolute Gasteiger partial charge is 0.125 e. The molecule has 0 saturated carbocycles. The van der Waals surface area contributed by atoms with Crippen LogP contribution in [0.5, 0.6) is 0 Å². The molecule has 0 amide bonds. The summed E-state index contributed by atoms with van der Waals surface area (Å²) in [7, 11) is 0. The molecule has 1 atom stereocenters. The third-order valence-corrected chi connectivity index (χ3v) is 2.81. The Kier molecular flexibility index (Phi) is 5.79. The Morgan fingerprint density at radius 1 is 1.59 bits per heavy atom. The van der Waals surface area contributed by atoms with Crippen molar-refractivity contribution >= 4 is 0 Å². The van der Waals surface area contributed by atoms with Crippen molar-refractivity contribution in [3.63, 3.8) is 0 Å². The Hall–Kier alpha value is -0.226. The number of aryl methyl sites for hydroxylation is 1. The van der Waals surface area contributed by atoms with E-state index in [1.54, 1.807) is 0 Å². The van der Waals surface area contributed by atoms with Gasteiger partial charge >= 0.3 is 0 Å². The van der Waals surface area contributed by atoms with Crippen LogP contribution >= 0.6 is 0 Å². The molecule has 1 aliphatic rings. The van der Waals surface area contributed by atoms with Crippen LogP contribution in [0.25, 0.3) is 0 Å². The van der Waals surface area contributed by atoms with Gasteiger partial charge in [-0.1, -0.05) is 25.5 Å². The Morgan fingerprint density at radius 2 is 2.41 bits per heavy atom. The number of nitrogens with zero attached hydrogens (tertiary/aromatic N) is 1. The third-order valence-electron chi connectivity index (χ3n) is 2.81. The van der Waals surface area contributed by atoms with Crippen LogP contribution in [0, 0.1) is 17.9 Å². The molecule has 0 spiro atoms. The van der Waals surface area contributed by atoms with E-state index in [-0.39, 0.29) is 38.3 Å². The average molecular weight is 303 g/mol. The molecule has 0 bridgehead atoms. The molecule has 1 aliphatic heterocycles. The summed E-state index contributed by atoms with van der Waals surface area (Å²) in [6.07, 6.45) is 4.90. The summed E-state index contributed by atoms with van der Waals surface area (Å²) in [5.41, 5.74) is 1.62. The van der Waals surface area contributed by atoms with E-state index >= 15 is 0 Å². The summed E-state index contributed by atoms with van der Waals surface area (Å²) in [6.45, 7) is 4.95. The largest absolute Gasteiger partial charge is 0.375 e. The Labute approximate surface area is 128 Å². The molecular formula is C14H16NOY-. The fourth-order valence-corrected chi connectivity index (χ4v) is 1.72. The SMILES string of the molecule is CCc1[c-]cc(C#CC2(C)CCCO2)nc1.[Y]. The molecule has 87 valence electrons. The van der Waals surface area contributed by atoms with Gasteiger partial charge in [0.15, 0.2) is 0 Å². The van der Waals surface area contributed by atoms with E-state index in [1.165, 1.54) is 0 Å². The predicted molar refractivity (Wildman–Crippen MR) is 62.9 cm³/mol. The van der Waals surface area contributed by atoms with Gasteiger partial charge in [0.2, 0.25) is 0 Å². The van der Waals surface area contributed by atoms with Crippen LogP contribution in [-0.2, 0) is 43.9 Å². The number of aromatic nitrogens is 1. The van der Waals surface area contributed by atoms with Gasteiger partial charge in [-0.05, 0) is 25.5 Å². The molecule has 1 aromatic rings. The number of rotatable bonds is 1. The topological polar surface area (TPSA) is 22.1 Å². The minimum atomic E-state index is -0.273. The van der Waals surface area contributed by atoms with E-state index in [4.69, 9.17) is 4.74 Å². The van der Waals surface area contributed by atoms with Crippen LogP contribution < -0.4 is 0 Å². The molecule has 2 rings (SSSR count). The first kappa shape index (κ1) is 14.8. The maximum Gasteiger partial charge on any atom is 0.125 e. The fourth-order valence-electron chi connectivity index (χ4n) is 1.72. The second-order valence-corrected chi connectivity index (χ2v) is 4.24. The van der Waals surface area contributed by atoms with Gasteiger partial charge in [0.1, 0.15) is 5.60 Å². The van der Waals surface area contributed by atoms with E-state index in [1.807, 2.05) is 19.2 Å². The molecule has 1 saturated heterocycles. The molecule has 2 heterocycles. The first-order valence-electron chi connectivity index (χ1n) is 5.75. The zero-order valence-corrected chi connectivity index (χ0v) is 13.3. The normalized spacial score (nSPS) is 22.5. The van der Waals surface area contributed by atoms with E-state index in [0.29, 0.717) is 0 Å². The second kappa shape index (κ2) is 6.64. The fraction of sp³-hybridized carbons (Fsp3) is 0.500. The van der Waals surface area contributed by atoms with E-state index < -0.39 is 0 Å². The summed E-state index contributed by atoms with van der Waals surface area (Å²) < 4.78 is 5.60. The van der Waals surface area contributed by atoms with Crippen LogP contribution in [0.3, 0.4) is 0 Å². The van der Waals surface area contributed by atoms with Gasteiger partial charge in [-0.3, -0.25) is 0 Å². The molecule has 1 fully saturated rings. The zero-order chi connectivity index (χ0) is 11.4. The minimum Gasteiger partial charge on any atom is -0.375 e. The van der Waals surface area contributed by atoms with Gasteiger partial charge < -0.3 is 9.72 Å². The number of hydrogen-bond donors (Lipinski definition) is 0. The van der Waals surface area contributed by atoms with Gasteiger partial charge in [-0.2, -0.15) is 6.07 Å². The van der Waals surface area contributed by atoms with Gasteiger partial charge in [0, 0.05) is 39.3 Å². The van der Waals surface area contributed by atoms with Crippen molar-refractivity contribution in [2.75, 3.05) is 6.61 Å². The summed E-state index contributed by atoms with van der Waals surface area (Å²) in [5.74, 6) is 6.22. The van der Waals surface area contributed by atoms with Crippen LogP contribution in [0.1, 0.15) is 37.9 Å². The van der Waals surface area contributed by atoms with E-state index in [9.17, 15) is 0 Å². The Morgan fingerprint density at radius 3 is 2.94 bits per heavy atom. The van der Waals surface area contributed by atoms with E-state index in [2.05, 4.69) is 29.8 Å². The van der Waals surface area contributed by atoms with Crippen LogP contribution in [0.15, 0.2) is 12.3 Å². The van der Waals surface area contributed by atoms with Gasteiger partial charge in [-0.25, -0.2) is 0 Å². The zero-order valence-electron chi connectivity index (χ0n) is 10.4. The molecular weight excluding hydrogens is 287 g/mol. The molecule has 1 unspecified atom stereocenters. The maximum absolute atomic E-state index is 5.60. The standard InChI is InChI=1S/C14H16NO.Y/c1-3-12-5-6-13(15-11-12)7-9-14(2)8-4-10-16-14;/h6,11H,3-4,8,10H2,1-2H3;/q-1;. The Bertz CT molecular complexity index is 410. The van der Waals surface area contributed by atoms with Crippen LogP contribution in [0.4, 0.5) is 0 Å². The summed E-state index contributed by atoms with van der Waals surface area (Å²) >= 11 is 0. The Balaban J connectivity index is 0.00000144. The molecule has 17 heavy (non-hydrogen) atoms. The molecule has 0 N–H and O–H groups in total. The minimum absolute atomic E-state index is 0. The van der Waals surface area contributed by atoms with Crippen molar-refractivity contribution in [3.8, 4) is 11.8 Å². The third kappa shape index (κ3) is 4.17. The first-order chi connectivity index (χ1) is 7.72. The molecule has 0 aromatic carbocycles. The van der Waals surface area contributed by atoms with Crippen LogP contribution in [-0.4, -0.2) is 17.2 Å². The predicted octanol–water partition coefficient (Wildman–Crippen LogP) is 2.36. The number of pyridine rings is 1. The van der Waals surface area contributed by atoms with Gasteiger partial charge in [-0.15, -0.1) is 17.6 Å². The van der Waals surface area contributed by atoms with Crippen molar-refractivity contribution in [2.45, 2.75) is 38.7 Å². The van der Waals surface area contributed by atoms with Crippen molar-refractivity contribution < 1.29 is 37.4 Å². The average Bonchev–Trinajstić information content (AvgIpc) is 2.75. The van der Waals surface area contributed by atoms with Crippen molar-refractivity contribution in [2.24, 2.45) is 0 Å². The first-order valence-corrected chi connectivity index (χ1v) is 5.75.